The average Bonchev–Trinajstić information content (AvgIpc) is 2.69. The van der Waals surface area contributed by atoms with E-state index in [-0.39, 0.29) is 11.4 Å². The predicted octanol–water partition coefficient (Wildman–Crippen LogP) is 5.73. The molecule has 4 heteroatoms. The number of benzene rings is 3. The molecule has 0 amide bonds. The first-order chi connectivity index (χ1) is 12.7. The standard InChI is InChI=1S/C22H15N3S/c23-16-13-19(14-7-1-2-8-15(14)22(16)24)25-17-9-3-5-11-20(17)26-21-12-6-4-10-18(21)25/h1-13,23-24H. The fourth-order valence-electron chi connectivity index (χ4n) is 3.51. The molecule has 124 valence electrons. The molecule has 3 nitrogen and oxygen atoms in total. The Morgan fingerprint density at radius 2 is 1.19 bits per heavy atom. The van der Waals surface area contributed by atoms with Gasteiger partial charge < -0.3 is 4.90 Å². The molecule has 0 fully saturated rings. The van der Waals surface area contributed by atoms with Crippen LogP contribution in [0.5, 0.6) is 0 Å². The maximum absolute atomic E-state index is 8.31. The smallest absolute Gasteiger partial charge is 0.0869 e. The van der Waals surface area contributed by atoms with Crippen LogP contribution < -0.4 is 4.90 Å². The van der Waals surface area contributed by atoms with E-state index in [1.807, 2.05) is 42.5 Å². The number of anilines is 2. The highest BCUT2D eigenvalue weighted by Crippen LogP contribution is 2.51. The summed E-state index contributed by atoms with van der Waals surface area (Å²) in [4.78, 5) is 4.61. The molecule has 1 aliphatic heterocycles. The maximum atomic E-state index is 8.31. The molecule has 0 radical (unpaired) electrons. The summed E-state index contributed by atoms with van der Waals surface area (Å²) in [6, 6.07) is 24.6. The molecule has 1 heterocycles. The monoisotopic (exact) mass is 353 g/mol. The van der Waals surface area contributed by atoms with Gasteiger partial charge in [0, 0.05) is 20.9 Å². The molecule has 2 N–H and O–H groups in total. The molecule has 1 aliphatic carbocycles. The van der Waals surface area contributed by atoms with Crippen LogP contribution in [0.15, 0.2) is 88.7 Å². The van der Waals surface area contributed by atoms with E-state index in [0.717, 1.165) is 28.2 Å². The Labute approximate surface area is 156 Å². The molecular weight excluding hydrogens is 338 g/mol. The summed E-state index contributed by atoms with van der Waals surface area (Å²) in [5, 5.41) is 16.6. The van der Waals surface area contributed by atoms with Gasteiger partial charge in [-0.2, -0.15) is 0 Å². The van der Waals surface area contributed by atoms with Gasteiger partial charge in [-0.25, -0.2) is 0 Å². The van der Waals surface area contributed by atoms with E-state index in [2.05, 4.69) is 41.3 Å². The van der Waals surface area contributed by atoms with Crippen LogP contribution in [0.4, 0.5) is 11.4 Å². The minimum absolute atomic E-state index is 0.242. The van der Waals surface area contributed by atoms with Gasteiger partial charge in [-0.3, -0.25) is 10.8 Å². The Morgan fingerprint density at radius 1 is 0.654 bits per heavy atom. The van der Waals surface area contributed by atoms with Gasteiger partial charge in [0.15, 0.2) is 0 Å². The van der Waals surface area contributed by atoms with E-state index >= 15 is 0 Å². The van der Waals surface area contributed by atoms with Crippen LogP contribution >= 0.6 is 11.8 Å². The summed E-state index contributed by atoms with van der Waals surface area (Å²) < 4.78 is 0. The van der Waals surface area contributed by atoms with Crippen molar-refractivity contribution in [3.05, 3.63) is 90.0 Å². The van der Waals surface area contributed by atoms with Crippen LogP contribution in [0.1, 0.15) is 11.1 Å². The first kappa shape index (κ1) is 15.2. The lowest BCUT2D eigenvalue weighted by molar-refractivity contribution is 1.17. The number of allylic oxidation sites excluding steroid dienone is 1. The van der Waals surface area contributed by atoms with Gasteiger partial charge in [0.2, 0.25) is 0 Å². The number of fused-ring (bicyclic) bond motifs is 3. The van der Waals surface area contributed by atoms with E-state index in [0.29, 0.717) is 0 Å². The van der Waals surface area contributed by atoms with Crippen LogP contribution in [0, 0.1) is 10.8 Å². The topological polar surface area (TPSA) is 50.9 Å². The lowest BCUT2D eigenvalue weighted by atomic mass is 9.90. The minimum atomic E-state index is 0.242. The van der Waals surface area contributed by atoms with E-state index in [1.165, 1.54) is 9.79 Å². The lowest BCUT2D eigenvalue weighted by Crippen LogP contribution is -2.26. The minimum Gasteiger partial charge on any atom is -0.308 e. The average molecular weight is 353 g/mol. The Kier molecular flexibility index (Phi) is 3.33. The molecule has 0 aromatic heterocycles. The molecule has 3 aromatic carbocycles. The molecule has 3 aromatic rings. The number of nitrogens with zero attached hydrogens (tertiary/aromatic N) is 1. The van der Waals surface area contributed by atoms with Crippen molar-refractivity contribution in [1.82, 2.24) is 0 Å². The van der Waals surface area contributed by atoms with Crippen LogP contribution in [-0.4, -0.2) is 11.4 Å². The predicted molar refractivity (Wildman–Crippen MR) is 108 cm³/mol. The SMILES string of the molecule is N=C1C=C(N2c3ccccc3Sc3ccccc32)c2ccccc2C1=N. The van der Waals surface area contributed by atoms with Crippen molar-refractivity contribution in [1.29, 1.82) is 10.8 Å². The zero-order valence-corrected chi connectivity index (χ0v) is 14.7. The van der Waals surface area contributed by atoms with E-state index in [4.69, 9.17) is 10.8 Å². The third-order valence-corrected chi connectivity index (χ3v) is 5.83. The second kappa shape index (κ2) is 5.71. The van der Waals surface area contributed by atoms with Gasteiger partial charge in [-0.15, -0.1) is 0 Å². The van der Waals surface area contributed by atoms with E-state index < -0.39 is 0 Å². The Balaban J connectivity index is 1.80. The summed E-state index contributed by atoms with van der Waals surface area (Å²) in [7, 11) is 0. The van der Waals surface area contributed by atoms with Crippen molar-refractivity contribution in [2.45, 2.75) is 9.79 Å². The Bertz CT molecular complexity index is 1070. The summed E-state index contributed by atoms with van der Waals surface area (Å²) >= 11 is 1.77. The summed E-state index contributed by atoms with van der Waals surface area (Å²) in [6.45, 7) is 0. The highest BCUT2D eigenvalue weighted by Gasteiger charge is 2.30. The molecule has 5 rings (SSSR count). The lowest BCUT2D eigenvalue weighted by Gasteiger charge is -2.36. The van der Waals surface area contributed by atoms with Gasteiger partial charge in [-0.05, 0) is 30.3 Å². The molecule has 0 spiro atoms. The molecule has 0 atom stereocenters. The zero-order chi connectivity index (χ0) is 17.7. The fraction of sp³-hybridized carbons (Fsp3) is 0. The summed E-state index contributed by atoms with van der Waals surface area (Å²) in [5.74, 6) is 0. The number of hydrogen-bond donors (Lipinski definition) is 2. The van der Waals surface area contributed by atoms with Gasteiger partial charge in [-0.1, -0.05) is 60.3 Å². The normalized spacial score (nSPS) is 15.1. The molecule has 2 aliphatic rings. The van der Waals surface area contributed by atoms with Crippen LogP contribution in [0.2, 0.25) is 0 Å². The molecular formula is C22H15N3S. The van der Waals surface area contributed by atoms with Gasteiger partial charge in [0.1, 0.15) is 0 Å². The molecule has 0 saturated heterocycles. The van der Waals surface area contributed by atoms with Crippen molar-refractivity contribution in [2.75, 3.05) is 4.90 Å². The molecule has 0 bridgehead atoms. The van der Waals surface area contributed by atoms with Gasteiger partial charge in [0.05, 0.1) is 28.5 Å². The van der Waals surface area contributed by atoms with E-state index in [1.54, 1.807) is 11.8 Å². The molecule has 0 saturated carbocycles. The number of para-hydroxylation sites is 2. The van der Waals surface area contributed by atoms with Crippen molar-refractivity contribution < 1.29 is 0 Å². The first-order valence-corrected chi connectivity index (χ1v) is 9.20. The molecule has 26 heavy (non-hydrogen) atoms. The van der Waals surface area contributed by atoms with Crippen LogP contribution in [0.3, 0.4) is 0 Å². The molecule has 0 unspecified atom stereocenters. The zero-order valence-electron chi connectivity index (χ0n) is 13.9. The number of hydrogen-bond acceptors (Lipinski definition) is 4. The van der Waals surface area contributed by atoms with Crippen LogP contribution in [-0.2, 0) is 0 Å². The third-order valence-electron chi connectivity index (χ3n) is 4.70. The largest absolute Gasteiger partial charge is 0.308 e. The van der Waals surface area contributed by atoms with Crippen molar-refractivity contribution in [2.24, 2.45) is 0 Å². The van der Waals surface area contributed by atoms with Gasteiger partial charge in [0.25, 0.3) is 0 Å². The number of nitrogens with one attached hydrogen (secondary N) is 2. The van der Waals surface area contributed by atoms with Crippen molar-refractivity contribution in [3.8, 4) is 0 Å². The van der Waals surface area contributed by atoms with Crippen molar-refractivity contribution in [3.63, 3.8) is 0 Å². The quantitative estimate of drug-likeness (QED) is 0.587. The number of rotatable bonds is 1. The fourth-order valence-corrected chi connectivity index (χ4v) is 4.56. The summed E-state index contributed by atoms with van der Waals surface area (Å²) in [6.07, 6.45) is 1.81. The van der Waals surface area contributed by atoms with Gasteiger partial charge >= 0.3 is 0 Å². The first-order valence-electron chi connectivity index (χ1n) is 8.39. The Hall–Kier alpha value is -3.11. The van der Waals surface area contributed by atoms with E-state index in [9.17, 15) is 0 Å². The maximum Gasteiger partial charge on any atom is 0.0869 e. The summed E-state index contributed by atoms with van der Waals surface area (Å²) in [5.41, 5.74) is 5.48. The van der Waals surface area contributed by atoms with Crippen LogP contribution in [0.25, 0.3) is 5.70 Å². The third kappa shape index (κ3) is 2.16. The van der Waals surface area contributed by atoms with Crippen molar-refractivity contribution >= 4 is 40.3 Å². The Morgan fingerprint density at radius 3 is 1.85 bits per heavy atom. The highest BCUT2D eigenvalue weighted by molar-refractivity contribution is 7.99. The highest BCUT2D eigenvalue weighted by atomic mass is 32.2. The second-order valence-electron chi connectivity index (χ2n) is 6.24. The second-order valence-corrected chi connectivity index (χ2v) is 7.32.